The van der Waals surface area contributed by atoms with Crippen LogP contribution in [0.5, 0.6) is 0 Å². The first-order chi connectivity index (χ1) is 8.87. The van der Waals surface area contributed by atoms with Crippen molar-refractivity contribution in [1.29, 1.82) is 0 Å². The standard InChI is InChI=1S/C13H16N2O3S/c1-8-5-10-11(6-9(8)2)19(17,18)4-3-13(10)12(16)14-7-15-13/h5-6,15H,3-4,7H2,1-2H3,(H,14,16). The molecule has 0 radical (unpaired) electrons. The molecule has 1 fully saturated rings. The summed E-state index contributed by atoms with van der Waals surface area (Å²) in [6.45, 7) is 4.19. The molecule has 5 nitrogen and oxygen atoms in total. The summed E-state index contributed by atoms with van der Waals surface area (Å²) in [4.78, 5) is 12.5. The number of amides is 1. The van der Waals surface area contributed by atoms with E-state index in [1.807, 2.05) is 19.9 Å². The lowest BCUT2D eigenvalue weighted by Crippen LogP contribution is -2.48. The molecule has 2 aliphatic heterocycles. The lowest BCUT2D eigenvalue weighted by atomic mass is 9.85. The molecule has 3 rings (SSSR count). The van der Waals surface area contributed by atoms with Crippen LogP contribution in [0.25, 0.3) is 0 Å². The fraction of sp³-hybridized carbons (Fsp3) is 0.462. The van der Waals surface area contributed by atoms with E-state index in [9.17, 15) is 13.2 Å². The lowest BCUT2D eigenvalue weighted by Gasteiger charge is -2.33. The maximum Gasteiger partial charge on any atom is 0.246 e. The number of fused-ring (bicyclic) bond motifs is 2. The summed E-state index contributed by atoms with van der Waals surface area (Å²) >= 11 is 0. The van der Waals surface area contributed by atoms with Crippen molar-refractivity contribution in [2.45, 2.75) is 30.7 Å². The van der Waals surface area contributed by atoms with Gasteiger partial charge in [0.25, 0.3) is 0 Å². The lowest BCUT2D eigenvalue weighted by molar-refractivity contribution is -0.124. The number of nitrogens with one attached hydrogen (secondary N) is 2. The van der Waals surface area contributed by atoms with Crippen molar-refractivity contribution in [2.24, 2.45) is 0 Å². The minimum atomic E-state index is -3.29. The van der Waals surface area contributed by atoms with Crippen molar-refractivity contribution in [2.75, 3.05) is 12.4 Å². The average Bonchev–Trinajstić information content (AvgIpc) is 2.70. The van der Waals surface area contributed by atoms with Crippen molar-refractivity contribution in [3.05, 3.63) is 28.8 Å². The summed E-state index contributed by atoms with van der Waals surface area (Å²) in [7, 11) is -3.29. The Morgan fingerprint density at radius 2 is 1.89 bits per heavy atom. The highest BCUT2D eigenvalue weighted by molar-refractivity contribution is 7.91. The number of rotatable bonds is 0. The van der Waals surface area contributed by atoms with Gasteiger partial charge in [-0.25, -0.2) is 8.42 Å². The highest BCUT2D eigenvalue weighted by Gasteiger charge is 2.50. The smallest absolute Gasteiger partial charge is 0.246 e. The Labute approximate surface area is 112 Å². The number of hydrogen-bond donors (Lipinski definition) is 2. The molecule has 1 aromatic carbocycles. The zero-order valence-corrected chi connectivity index (χ0v) is 11.7. The summed E-state index contributed by atoms with van der Waals surface area (Å²) in [5.74, 6) is -0.130. The van der Waals surface area contributed by atoms with Gasteiger partial charge in [-0.3, -0.25) is 10.1 Å². The average molecular weight is 280 g/mol. The molecule has 2 N–H and O–H groups in total. The van der Waals surface area contributed by atoms with E-state index in [-0.39, 0.29) is 18.1 Å². The fourth-order valence-electron chi connectivity index (χ4n) is 2.84. The van der Waals surface area contributed by atoms with E-state index in [1.165, 1.54) is 0 Å². The van der Waals surface area contributed by atoms with Crippen LogP contribution in [-0.4, -0.2) is 26.7 Å². The number of benzene rings is 1. The van der Waals surface area contributed by atoms with Crippen LogP contribution in [0, 0.1) is 13.8 Å². The zero-order chi connectivity index (χ0) is 13.8. The normalized spacial score (nSPS) is 28.2. The van der Waals surface area contributed by atoms with Crippen LogP contribution in [-0.2, 0) is 20.2 Å². The van der Waals surface area contributed by atoms with E-state index in [0.29, 0.717) is 17.1 Å². The number of carbonyl (C=O) groups excluding carboxylic acids is 1. The molecule has 0 aromatic heterocycles. The molecule has 1 amide bonds. The minimum Gasteiger partial charge on any atom is -0.342 e. The van der Waals surface area contributed by atoms with Crippen molar-refractivity contribution in [1.82, 2.24) is 10.6 Å². The number of aryl methyl sites for hydroxylation is 2. The second-order valence-corrected chi connectivity index (χ2v) is 7.34. The van der Waals surface area contributed by atoms with Gasteiger partial charge >= 0.3 is 0 Å². The van der Waals surface area contributed by atoms with Gasteiger partial charge in [0.1, 0.15) is 5.54 Å². The predicted octanol–water partition coefficient (Wildman–Crippen LogP) is 0.353. The Bertz CT molecular complexity index is 681. The van der Waals surface area contributed by atoms with Gasteiger partial charge in [-0.15, -0.1) is 0 Å². The van der Waals surface area contributed by atoms with Crippen LogP contribution < -0.4 is 10.6 Å². The molecule has 1 saturated heterocycles. The van der Waals surface area contributed by atoms with Gasteiger partial charge in [0.15, 0.2) is 9.84 Å². The van der Waals surface area contributed by atoms with Gasteiger partial charge in [0.05, 0.1) is 17.3 Å². The third kappa shape index (κ3) is 1.63. The minimum absolute atomic E-state index is 0.00290. The molecule has 1 atom stereocenters. The van der Waals surface area contributed by atoms with Crippen molar-refractivity contribution >= 4 is 15.7 Å². The molecular formula is C13H16N2O3S. The largest absolute Gasteiger partial charge is 0.342 e. The Hall–Kier alpha value is -1.40. The molecule has 0 bridgehead atoms. The maximum atomic E-state index is 12.2. The third-order valence-electron chi connectivity index (χ3n) is 4.16. The Kier molecular flexibility index (Phi) is 2.53. The first kappa shape index (κ1) is 12.6. The monoisotopic (exact) mass is 280 g/mol. The molecule has 1 aromatic rings. The van der Waals surface area contributed by atoms with E-state index >= 15 is 0 Å². The molecule has 102 valence electrons. The Morgan fingerprint density at radius 1 is 1.21 bits per heavy atom. The fourth-order valence-corrected chi connectivity index (χ4v) is 4.56. The van der Waals surface area contributed by atoms with Gasteiger partial charge in [0.2, 0.25) is 5.91 Å². The molecular weight excluding hydrogens is 264 g/mol. The van der Waals surface area contributed by atoms with Gasteiger partial charge in [0, 0.05) is 5.56 Å². The Balaban J connectivity index is 2.33. The van der Waals surface area contributed by atoms with Crippen molar-refractivity contribution in [3.8, 4) is 0 Å². The van der Waals surface area contributed by atoms with Gasteiger partial charge in [-0.2, -0.15) is 0 Å². The van der Waals surface area contributed by atoms with Crippen molar-refractivity contribution in [3.63, 3.8) is 0 Å². The van der Waals surface area contributed by atoms with E-state index in [4.69, 9.17) is 0 Å². The van der Waals surface area contributed by atoms with Crippen molar-refractivity contribution < 1.29 is 13.2 Å². The van der Waals surface area contributed by atoms with Crippen LogP contribution in [0.2, 0.25) is 0 Å². The molecule has 6 heteroatoms. The van der Waals surface area contributed by atoms with E-state index in [0.717, 1.165) is 11.1 Å². The quantitative estimate of drug-likeness (QED) is 0.719. The highest BCUT2D eigenvalue weighted by Crippen LogP contribution is 2.39. The summed E-state index contributed by atoms with van der Waals surface area (Å²) < 4.78 is 24.4. The number of sulfone groups is 1. The highest BCUT2D eigenvalue weighted by atomic mass is 32.2. The second-order valence-electron chi connectivity index (χ2n) is 5.27. The van der Waals surface area contributed by atoms with E-state index in [2.05, 4.69) is 10.6 Å². The van der Waals surface area contributed by atoms with Gasteiger partial charge in [-0.1, -0.05) is 6.07 Å². The van der Waals surface area contributed by atoms with Crippen LogP contribution >= 0.6 is 0 Å². The first-order valence-corrected chi connectivity index (χ1v) is 7.90. The van der Waals surface area contributed by atoms with Crippen LogP contribution in [0.1, 0.15) is 23.1 Å². The second kappa shape index (κ2) is 3.80. The summed E-state index contributed by atoms with van der Waals surface area (Å²) in [6, 6.07) is 3.52. The molecule has 1 unspecified atom stereocenters. The molecule has 2 aliphatic rings. The van der Waals surface area contributed by atoms with E-state index in [1.54, 1.807) is 6.07 Å². The van der Waals surface area contributed by atoms with Crippen LogP contribution in [0.4, 0.5) is 0 Å². The van der Waals surface area contributed by atoms with Gasteiger partial charge in [-0.05, 0) is 37.5 Å². The summed E-state index contributed by atoms with van der Waals surface area (Å²) in [5, 5.41) is 5.87. The Morgan fingerprint density at radius 3 is 2.53 bits per heavy atom. The number of hydrogen-bond acceptors (Lipinski definition) is 4. The summed E-state index contributed by atoms with van der Waals surface area (Å²) in [6.07, 6.45) is 0.288. The molecule has 19 heavy (non-hydrogen) atoms. The third-order valence-corrected chi connectivity index (χ3v) is 5.91. The SMILES string of the molecule is Cc1cc2c(cc1C)S(=O)(=O)CCC21NCNC1=O. The summed E-state index contributed by atoms with van der Waals surface area (Å²) in [5.41, 5.74) is 1.64. The van der Waals surface area contributed by atoms with E-state index < -0.39 is 15.4 Å². The molecule has 0 saturated carbocycles. The van der Waals surface area contributed by atoms with Crippen LogP contribution in [0.3, 0.4) is 0 Å². The predicted molar refractivity (Wildman–Crippen MR) is 70.4 cm³/mol. The molecule has 2 heterocycles. The zero-order valence-electron chi connectivity index (χ0n) is 10.9. The van der Waals surface area contributed by atoms with Crippen LogP contribution in [0.15, 0.2) is 17.0 Å². The maximum absolute atomic E-state index is 12.2. The van der Waals surface area contributed by atoms with Gasteiger partial charge < -0.3 is 5.32 Å². The first-order valence-electron chi connectivity index (χ1n) is 6.25. The molecule has 1 spiro atoms. The topological polar surface area (TPSA) is 75.3 Å². The molecule has 0 aliphatic carbocycles. The number of carbonyl (C=O) groups is 1.